The van der Waals surface area contributed by atoms with Crippen LogP contribution in [0.3, 0.4) is 0 Å². The summed E-state index contributed by atoms with van der Waals surface area (Å²) in [4.78, 5) is 13.0. The third-order valence-electron chi connectivity index (χ3n) is 5.84. The SMILES string of the molecule is Cc1ccccc1C[n+]1ccc(C2C(C#N)=C(N)Oc3c2c(=O)oc2ccccc32)cc1. The Morgan fingerprint density at radius 1 is 1.06 bits per heavy atom. The van der Waals surface area contributed by atoms with Gasteiger partial charge in [-0.2, -0.15) is 5.26 Å². The summed E-state index contributed by atoms with van der Waals surface area (Å²) in [6, 6.07) is 21.3. The minimum atomic E-state index is -0.669. The van der Waals surface area contributed by atoms with Gasteiger partial charge in [0.05, 0.1) is 16.9 Å². The maximum Gasteiger partial charge on any atom is 0.344 e. The number of aromatic nitrogens is 1. The van der Waals surface area contributed by atoms with E-state index in [-0.39, 0.29) is 17.0 Å². The Morgan fingerprint density at radius 2 is 1.78 bits per heavy atom. The number of hydrogen-bond donors (Lipinski definition) is 1. The number of para-hydroxylation sites is 1. The fourth-order valence-corrected chi connectivity index (χ4v) is 4.15. The predicted molar refractivity (Wildman–Crippen MR) is 119 cm³/mol. The molecule has 0 saturated heterocycles. The van der Waals surface area contributed by atoms with E-state index in [1.165, 1.54) is 11.1 Å². The summed E-state index contributed by atoms with van der Waals surface area (Å²) in [6.07, 6.45) is 3.87. The second-order valence-electron chi connectivity index (χ2n) is 7.78. The monoisotopic (exact) mass is 422 g/mol. The molecule has 0 radical (unpaired) electrons. The maximum atomic E-state index is 13.0. The zero-order valence-corrected chi connectivity index (χ0v) is 17.4. The Hall–Kier alpha value is -4.37. The number of hydrogen-bond acceptors (Lipinski definition) is 5. The van der Waals surface area contributed by atoms with E-state index in [1.54, 1.807) is 18.2 Å². The Balaban J connectivity index is 1.62. The van der Waals surface area contributed by atoms with E-state index < -0.39 is 11.5 Å². The van der Waals surface area contributed by atoms with Crippen LogP contribution in [0, 0.1) is 18.3 Å². The number of fused-ring (bicyclic) bond motifs is 3. The number of benzene rings is 2. The fourth-order valence-electron chi connectivity index (χ4n) is 4.15. The van der Waals surface area contributed by atoms with Crippen molar-refractivity contribution < 1.29 is 13.7 Å². The van der Waals surface area contributed by atoms with Gasteiger partial charge in [0.2, 0.25) is 5.88 Å². The zero-order chi connectivity index (χ0) is 22.2. The van der Waals surface area contributed by atoms with Gasteiger partial charge in [-0.15, -0.1) is 0 Å². The number of nitriles is 1. The molecule has 6 nitrogen and oxygen atoms in total. The molecule has 0 bridgehead atoms. The maximum absolute atomic E-state index is 13.0. The standard InChI is InChI=1S/C26H20N3O3/c1-16-6-2-3-7-18(16)15-29-12-10-17(11-13-29)22-20(14-27)25(28)32-24-19-8-4-5-9-21(19)31-26(30)23(22)24/h2-13,22H,15,28H2,1H3/q+1. The molecule has 0 aliphatic carbocycles. The van der Waals surface area contributed by atoms with E-state index in [4.69, 9.17) is 14.9 Å². The molecule has 2 aromatic heterocycles. The smallest absolute Gasteiger partial charge is 0.344 e. The lowest BCUT2D eigenvalue weighted by molar-refractivity contribution is -0.688. The first-order valence-corrected chi connectivity index (χ1v) is 10.2. The molecule has 32 heavy (non-hydrogen) atoms. The highest BCUT2D eigenvalue weighted by Crippen LogP contribution is 2.43. The predicted octanol–water partition coefficient (Wildman–Crippen LogP) is 3.66. The van der Waals surface area contributed by atoms with Crippen LogP contribution in [0.4, 0.5) is 0 Å². The van der Waals surface area contributed by atoms with E-state index in [1.807, 2.05) is 47.3 Å². The van der Waals surface area contributed by atoms with Crippen molar-refractivity contribution in [1.29, 1.82) is 5.26 Å². The molecule has 156 valence electrons. The van der Waals surface area contributed by atoms with Crippen molar-refractivity contribution in [3.8, 4) is 11.8 Å². The first-order chi connectivity index (χ1) is 15.6. The average Bonchev–Trinajstić information content (AvgIpc) is 2.80. The Bertz CT molecular complexity index is 1480. The van der Waals surface area contributed by atoms with Crippen LogP contribution in [0.5, 0.6) is 5.75 Å². The van der Waals surface area contributed by atoms with Gasteiger partial charge in [0, 0.05) is 17.7 Å². The quantitative estimate of drug-likeness (QED) is 0.402. The van der Waals surface area contributed by atoms with Crippen LogP contribution in [-0.4, -0.2) is 0 Å². The molecule has 1 unspecified atom stereocenters. The molecule has 0 spiro atoms. The van der Waals surface area contributed by atoms with Crippen molar-refractivity contribution in [1.82, 2.24) is 0 Å². The van der Waals surface area contributed by atoms with Crippen LogP contribution in [0.25, 0.3) is 11.0 Å². The lowest BCUT2D eigenvalue weighted by Crippen LogP contribution is -2.34. The van der Waals surface area contributed by atoms with Crippen molar-refractivity contribution in [2.45, 2.75) is 19.4 Å². The summed E-state index contributed by atoms with van der Waals surface area (Å²) in [5, 5.41) is 10.4. The summed E-state index contributed by atoms with van der Waals surface area (Å²) >= 11 is 0. The average molecular weight is 422 g/mol. The third kappa shape index (κ3) is 3.21. The number of pyridine rings is 1. The van der Waals surface area contributed by atoms with Gasteiger partial charge in [-0.05, 0) is 30.2 Å². The third-order valence-corrected chi connectivity index (χ3v) is 5.84. The van der Waals surface area contributed by atoms with Gasteiger partial charge in [-0.1, -0.05) is 36.4 Å². The highest BCUT2D eigenvalue weighted by Gasteiger charge is 2.35. The van der Waals surface area contributed by atoms with Gasteiger partial charge in [0.25, 0.3) is 0 Å². The molecule has 0 amide bonds. The van der Waals surface area contributed by atoms with E-state index in [9.17, 15) is 10.1 Å². The van der Waals surface area contributed by atoms with Crippen molar-refractivity contribution >= 4 is 11.0 Å². The summed E-state index contributed by atoms with van der Waals surface area (Å²) in [5.74, 6) is -0.329. The van der Waals surface area contributed by atoms with Crippen LogP contribution in [0.1, 0.15) is 28.2 Å². The lowest BCUT2D eigenvalue weighted by Gasteiger charge is -2.25. The summed E-state index contributed by atoms with van der Waals surface area (Å²) in [5.41, 5.74) is 9.66. The molecule has 2 aromatic carbocycles. The van der Waals surface area contributed by atoms with Gasteiger partial charge in [0.1, 0.15) is 17.2 Å². The van der Waals surface area contributed by atoms with Crippen LogP contribution in [-0.2, 0) is 6.54 Å². The van der Waals surface area contributed by atoms with Gasteiger partial charge >= 0.3 is 5.63 Å². The van der Waals surface area contributed by atoms with E-state index in [2.05, 4.69) is 25.1 Å². The second-order valence-corrected chi connectivity index (χ2v) is 7.78. The minimum absolute atomic E-state index is 0.00241. The molecule has 2 N–H and O–H groups in total. The van der Waals surface area contributed by atoms with Crippen molar-refractivity contribution in [3.63, 3.8) is 0 Å². The van der Waals surface area contributed by atoms with E-state index in [0.717, 1.165) is 5.56 Å². The van der Waals surface area contributed by atoms with Crippen molar-refractivity contribution in [3.05, 3.63) is 117 Å². The summed E-state index contributed by atoms with van der Waals surface area (Å²) < 4.78 is 13.4. The number of ether oxygens (including phenoxy) is 1. The molecule has 1 atom stereocenters. The van der Waals surface area contributed by atoms with Crippen LogP contribution >= 0.6 is 0 Å². The highest BCUT2D eigenvalue weighted by molar-refractivity contribution is 5.85. The van der Waals surface area contributed by atoms with Crippen LogP contribution in [0.15, 0.2) is 93.7 Å². The topological polar surface area (TPSA) is 93.1 Å². The first-order valence-electron chi connectivity index (χ1n) is 10.2. The number of nitrogens with zero attached hydrogens (tertiary/aromatic N) is 2. The number of allylic oxidation sites excluding steroid dienone is 1. The molecular formula is C26H20N3O3+. The molecule has 1 aliphatic heterocycles. The molecule has 0 fully saturated rings. The van der Waals surface area contributed by atoms with Gasteiger partial charge in [0.15, 0.2) is 24.7 Å². The van der Waals surface area contributed by atoms with Crippen molar-refractivity contribution in [2.24, 2.45) is 5.73 Å². The molecule has 1 aliphatic rings. The number of aryl methyl sites for hydroxylation is 1. The van der Waals surface area contributed by atoms with Gasteiger partial charge in [-0.25, -0.2) is 9.36 Å². The van der Waals surface area contributed by atoms with Crippen LogP contribution in [0.2, 0.25) is 0 Å². The summed E-state index contributed by atoms with van der Waals surface area (Å²) in [6.45, 7) is 2.80. The fraction of sp³-hybridized carbons (Fsp3) is 0.115. The van der Waals surface area contributed by atoms with Crippen molar-refractivity contribution in [2.75, 3.05) is 0 Å². The largest absolute Gasteiger partial charge is 0.439 e. The highest BCUT2D eigenvalue weighted by atomic mass is 16.5. The summed E-state index contributed by atoms with van der Waals surface area (Å²) in [7, 11) is 0. The van der Waals surface area contributed by atoms with E-state index in [0.29, 0.717) is 23.3 Å². The molecule has 4 aromatic rings. The minimum Gasteiger partial charge on any atom is -0.439 e. The first kappa shape index (κ1) is 19.6. The second kappa shape index (κ2) is 7.71. The van der Waals surface area contributed by atoms with E-state index >= 15 is 0 Å². The molecule has 5 rings (SSSR count). The van der Waals surface area contributed by atoms with Crippen LogP contribution < -0.4 is 20.7 Å². The number of rotatable bonds is 3. The normalized spacial score (nSPS) is 15.2. The Morgan fingerprint density at radius 3 is 2.53 bits per heavy atom. The Kier molecular flexibility index (Phi) is 4.72. The lowest BCUT2D eigenvalue weighted by atomic mass is 9.84. The molecule has 3 heterocycles. The van der Waals surface area contributed by atoms with Gasteiger partial charge in [-0.3, -0.25) is 0 Å². The number of nitrogens with two attached hydrogens (primary N) is 1. The van der Waals surface area contributed by atoms with Gasteiger partial charge < -0.3 is 14.9 Å². The molecular weight excluding hydrogens is 402 g/mol. The molecule has 0 saturated carbocycles. The Labute approximate surface area is 184 Å². The zero-order valence-electron chi connectivity index (χ0n) is 17.4. The molecule has 6 heteroatoms.